The smallest absolute Gasteiger partial charge is 0.330 e. The van der Waals surface area contributed by atoms with Gasteiger partial charge in [-0.25, -0.2) is 0 Å². The lowest BCUT2D eigenvalue weighted by Crippen LogP contribution is -2.36. The first-order chi connectivity index (χ1) is 12.6. The number of para-hydroxylation sites is 1. The van der Waals surface area contributed by atoms with Gasteiger partial charge in [0.15, 0.2) is 0 Å². The number of rotatable bonds is 2. The van der Waals surface area contributed by atoms with E-state index in [9.17, 15) is 21.6 Å². The highest BCUT2D eigenvalue weighted by molar-refractivity contribution is 7.91. The first kappa shape index (κ1) is 19.1. The predicted molar refractivity (Wildman–Crippen MR) is 98.8 cm³/mol. The van der Waals surface area contributed by atoms with Crippen molar-refractivity contribution in [2.24, 2.45) is 9.39 Å². The first-order valence-electron chi connectivity index (χ1n) is 7.99. The summed E-state index contributed by atoms with van der Waals surface area (Å²) in [6, 6.07) is 15.2. The lowest BCUT2D eigenvalue weighted by atomic mass is 10.0. The van der Waals surface area contributed by atoms with E-state index in [1.807, 2.05) is 30.3 Å². The average molecular weight is 395 g/mol. The molecule has 0 fully saturated rings. The number of likely N-dealkylation sites (N-methyl/N-ethyl adjacent to an activating group) is 1. The largest absolute Gasteiger partial charge is 0.518 e. The quantitative estimate of drug-likeness (QED) is 0.781. The third kappa shape index (κ3) is 3.59. The number of benzodiazepines with no additional fused rings is 1. The molecule has 2 aromatic carbocycles. The van der Waals surface area contributed by atoms with Gasteiger partial charge in [-0.05, 0) is 13.0 Å². The van der Waals surface area contributed by atoms with Crippen molar-refractivity contribution in [3.8, 4) is 0 Å². The van der Waals surface area contributed by atoms with Crippen molar-refractivity contribution in [1.29, 1.82) is 0 Å². The number of anilines is 1. The number of aliphatic imine (C=N–C) groups is 1. The maximum absolute atomic E-state index is 12.8. The van der Waals surface area contributed by atoms with Gasteiger partial charge in [0.05, 0.1) is 11.4 Å². The van der Waals surface area contributed by atoms with Gasteiger partial charge in [0.25, 0.3) is 0 Å². The summed E-state index contributed by atoms with van der Waals surface area (Å²) < 4.78 is 64.8. The van der Waals surface area contributed by atoms with E-state index in [0.717, 1.165) is 5.56 Å². The summed E-state index contributed by atoms with van der Waals surface area (Å²) in [5, 5.41) is 0. The lowest BCUT2D eigenvalue weighted by Gasteiger charge is -2.23. The highest BCUT2D eigenvalue weighted by Gasteiger charge is 2.47. The summed E-state index contributed by atoms with van der Waals surface area (Å²) in [5.41, 5.74) is -2.96. The molecule has 0 bridgehead atoms. The summed E-state index contributed by atoms with van der Waals surface area (Å²) in [5.74, 6) is -0.300. The zero-order valence-electron chi connectivity index (χ0n) is 14.5. The van der Waals surface area contributed by atoms with E-state index >= 15 is 0 Å². The molecule has 0 N–H and O–H groups in total. The molecule has 0 spiro atoms. The Kier molecular flexibility index (Phi) is 4.81. The summed E-state index contributed by atoms with van der Waals surface area (Å²) in [7, 11) is -4.21. The van der Waals surface area contributed by atoms with Gasteiger partial charge in [-0.15, -0.1) is 4.40 Å². The number of hydrogen-bond donors (Lipinski definition) is 0. The van der Waals surface area contributed by atoms with E-state index in [4.69, 9.17) is 0 Å². The molecule has 0 aromatic heterocycles. The number of alkyl halides is 3. The minimum atomic E-state index is -5.69. The van der Waals surface area contributed by atoms with Crippen LogP contribution in [-0.2, 0) is 10.0 Å². The molecule has 0 radical (unpaired) electrons. The van der Waals surface area contributed by atoms with Crippen LogP contribution in [0.3, 0.4) is 0 Å². The normalized spacial score (nSPS) is 19.4. The Hall–Kier alpha value is -2.68. The van der Waals surface area contributed by atoms with Crippen molar-refractivity contribution in [3.05, 3.63) is 65.7 Å². The SMILES string of the molecule is CC1N=C(c2ccccc2)c2ccccc2N(C)/C1=N\S(=O)(=O)C(F)(F)F. The number of halogens is 3. The van der Waals surface area contributed by atoms with Crippen LogP contribution in [0.2, 0.25) is 0 Å². The molecule has 2 aromatic rings. The van der Waals surface area contributed by atoms with Crippen molar-refractivity contribution in [2.75, 3.05) is 11.9 Å². The zero-order chi connectivity index (χ0) is 19.8. The molecule has 9 heteroatoms. The Morgan fingerprint density at radius 3 is 2.26 bits per heavy atom. The summed E-state index contributed by atoms with van der Waals surface area (Å²) in [6.45, 7) is 1.51. The molecule has 0 saturated heterocycles. The van der Waals surface area contributed by atoms with E-state index < -0.39 is 21.6 Å². The van der Waals surface area contributed by atoms with Crippen LogP contribution in [0.15, 0.2) is 64.0 Å². The lowest BCUT2D eigenvalue weighted by molar-refractivity contribution is -0.0435. The second-order valence-electron chi connectivity index (χ2n) is 5.97. The van der Waals surface area contributed by atoms with Gasteiger partial charge in [0.2, 0.25) is 0 Å². The van der Waals surface area contributed by atoms with Gasteiger partial charge in [-0.2, -0.15) is 21.6 Å². The van der Waals surface area contributed by atoms with Gasteiger partial charge in [-0.1, -0.05) is 48.5 Å². The second-order valence-corrected chi connectivity index (χ2v) is 7.56. The monoisotopic (exact) mass is 395 g/mol. The van der Waals surface area contributed by atoms with E-state index in [2.05, 4.69) is 9.39 Å². The van der Waals surface area contributed by atoms with E-state index in [0.29, 0.717) is 17.0 Å². The Morgan fingerprint density at radius 2 is 1.63 bits per heavy atom. The topological polar surface area (TPSA) is 62.1 Å². The van der Waals surface area contributed by atoms with Crippen LogP contribution in [0, 0.1) is 0 Å². The number of sulfonamides is 1. The molecule has 0 saturated carbocycles. The number of amidine groups is 1. The number of benzene rings is 2. The Balaban J connectivity index is 2.24. The van der Waals surface area contributed by atoms with Gasteiger partial charge < -0.3 is 4.90 Å². The maximum Gasteiger partial charge on any atom is 0.518 e. The minimum absolute atomic E-state index is 0.300. The van der Waals surface area contributed by atoms with Crippen molar-refractivity contribution in [1.82, 2.24) is 0 Å². The van der Waals surface area contributed by atoms with Gasteiger partial charge in [0, 0.05) is 18.2 Å². The van der Waals surface area contributed by atoms with Crippen LogP contribution in [0.25, 0.3) is 0 Å². The molecule has 1 aliphatic rings. The molecule has 1 atom stereocenters. The molecule has 3 rings (SSSR count). The summed E-state index contributed by atoms with van der Waals surface area (Å²) in [4.78, 5) is 5.83. The van der Waals surface area contributed by atoms with Crippen molar-refractivity contribution >= 4 is 27.3 Å². The predicted octanol–water partition coefficient (Wildman–Crippen LogP) is 3.61. The average Bonchev–Trinajstić information content (AvgIpc) is 2.72. The molecule has 5 nitrogen and oxygen atoms in total. The van der Waals surface area contributed by atoms with E-state index in [1.165, 1.54) is 18.9 Å². The second kappa shape index (κ2) is 6.80. The fraction of sp³-hybridized carbons (Fsp3) is 0.222. The molecule has 27 heavy (non-hydrogen) atoms. The fourth-order valence-electron chi connectivity index (χ4n) is 2.83. The zero-order valence-corrected chi connectivity index (χ0v) is 15.3. The van der Waals surface area contributed by atoms with Gasteiger partial charge in [-0.3, -0.25) is 4.99 Å². The summed E-state index contributed by atoms with van der Waals surface area (Å²) >= 11 is 0. The van der Waals surface area contributed by atoms with Crippen LogP contribution in [-0.4, -0.2) is 38.6 Å². The molecule has 0 amide bonds. The van der Waals surface area contributed by atoms with Gasteiger partial charge >= 0.3 is 15.5 Å². The number of nitrogens with zero attached hydrogens (tertiary/aromatic N) is 3. The first-order valence-corrected chi connectivity index (χ1v) is 9.43. The van der Waals surface area contributed by atoms with Crippen molar-refractivity contribution < 1.29 is 21.6 Å². The molecule has 0 aliphatic carbocycles. The third-order valence-corrected chi connectivity index (χ3v) is 5.13. The van der Waals surface area contributed by atoms with Crippen LogP contribution >= 0.6 is 0 Å². The van der Waals surface area contributed by atoms with E-state index in [1.54, 1.807) is 24.3 Å². The summed E-state index contributed by atoms with van der Waals surface area (Å²) in [6.07, 6.45) is 0. The number of hydrogen-bond acceptors (Lipinski definition) is 3. The molecule has 142 valence electrons. The van der Waals surface area contributed by atoms with Crippen molar-refractivity contribution in [3.63, 3.8) is 0 Å². The van der Waals surface area contributed by atoms with Crippen molar-refractivity contribution in [2.45, 2.75) is 18.5 Å². The Bertz CT molecular complexity index is 1020. The highest BCUT2D eigenvalue weighted by atomic mass is 32.2. The standard InChI is InChI=1S/C18H16F3N3O2S/c1-12-17(23-27(25,26)18(19,20)21)24(2)15-11-7-6-10-14(15)16(22-12)13-8-4-3-5-9-13/h3-12H,1-2H3/b23-17-. The Morgan fingerprint density at radius 1 is 1.04 bits per heavy atom. The third-order valence-electron chi connectivity index (χ3n) is 4.11. The fourth-order valence-corrected chi connectivity index (χ4v) is 3.45. The molecular formula is C18H16F3N3O2S. The highest BCUT2D eigenvalue weighted by Crippen LogP contribution is 2.30. The maximum atomic E-state index is 12.8. The van der Waals surface area contributed by atoms with Crippen LogP contribution in [0.4, 0.5) is 18.9 Å². The molecule has 1 unspecified atom stereocenters. The van der Waals surface area contributed by atoms with Crippen LogP contribution in [0.1, 0.15) is 18.1 Å². The van der Waals surface area contributed by atoms with Gasteiger partial charge in [0.1, 0.15) is 11.9 Å². The van der Waals surface area contributed by atoms with E-state index in [-0.39, 0.29) is 5.84 Å². The van der Waals surface area contributed by atoms with Crippen LogP contribution in [0.5, 0.6) is 0 Å². The molecular weight excluding hydrogens is 379 g/mol. The van der Waals surface area contributed by atoms with Crippen LogP contribution < -0.4 is 4.90 Å². The minimum Gasteiger partial charge on any atom is -0.330 e. The molecule has 1 heterocycles. The Labute approximate surface area is 154 Å². The molecule has 1 aliphatic heterocycles. The number of fused-ring (bicyclic) bond motifs is 1.